The summed E-state index contributed by atoms with van der Waals surface area (Å²) in [5.41, 5.74) is 1.68. The second-order valence-electron chi connectivity index (χ2n) is 5.51. The van der Waals surface area contributed by atoms with Crippen molar-refractivity contribution >= 4 is 27.3 Å². The van der Waals surface area contributed by atoms with Crippen LogP contribution < -0.4 is 5.32 Å². The molecule has 5 heteroatoms. The third-order valence-electron chi connectivity index (χ3n) is 3.61. The van der Waals surface area contributed by atoms with Crippen LogP contribution in [0.2, 0.25) is 0 Å². The molecule has 0 aliphatic carbocycles. The number of ether oxygens (including phenoxy) is 1. The Labute approximate surface area is 128 Å². The molecule has 0 aromatic carbocycles. The fraction of sp³-hybridized carbons (Fsp3) is 0.714. The van der Waals surface area contributed by atoms with Crippen molar-refractivity contribution in [2.24, 2.45) is 5.41 Å². The monoisotopic (exact) mass is 346 g/mol. The topological polar surface area (TPSA) is 24.5 Å². The van der Waals surface area contributed by atoms with E-state index in [1.165, 1.54) is 9.35 Å². The minimum absolute atomic E-state index is 0.290. The van der Waals surface area contributed by atoms with Crippen molar-refractivity contribution in [1.29, 1.82) is 0 Å². The molecule has 3 nitrogen and oxygen atoms in total. The second kappa shape index (κ2) is 7.18. The van der Waals surface area contributed by atoms with Gasteiger partial charge in [-0.1, -0.05) is 6.92 Å². The third-order valence-corrected chi connectivity index (χ3v) is 5.17. The molecule has 1 atom stereocenters. The molecule has 0 saturated carbocycles. The average molecular weight is 347 g/mol. The van der Waals surface area contributed by atoms with E-state index in [1.807, 2.05) is 0 Å². The van der Waals surface area contributed by atoms with Crippen molar-refractivity contribution in [3.8, 4) is 0 Å². The van der Waals surface area contributed by atoms with E-state index in [2.05, 4.69) is 51.6 Å². The molecule has 0 radical (unpaired) electrons. The highest BCUT2D eigenvalue weighted by Gasteiger charge is 2.35. The number of thiophene rings is 1. The zero-order valence-corrected chi connectivity index (χ0v) is 14.1. The van der Waals surface area contributed by atoms with Gasteiger partial charge in [-0.2, -0.15) is 0 Å². The summed E-state index contributed by atoms with van der Waals surface area (Å²) in [4.78, 5) is 2.42. The molecule has 1 aliphatic rings. The van der Waals surface area contributed by atoms with Gasteiger partial charge in [0.1, 0.15) is 0 Å². The van der Waals surface area contributed by atoms with Crippen molar-refractivity contribution in [2.45, 2.75) is 19.9 Å². The molecule has 0 bridgehead atoms. The molecule has 1 aromatic rings. The van der Waals surface area contributed by atoms with Crippen LogP contribution in [0.15, 0.2) is 15.2 Å². The largest absolute Gasteiger partial charge is 0.381 e. The van der Waals surface area contributed by atoms with Crippen LogP contribution in [0.3, 0.4) is 0 Å². The van der Waals surface area contributed by atoms with E-state index < -0.39 is 0 Å². The number of hydrogen-bond acceptors (Lipinski definition) is 4. The summed E-state index contributed by atoms with van der Waals surface area (Å²) in [6.07, 6.45) is 1.16. The number of hydrogen-bond donors (Lipinski definition) is 1. The van der Waals surface area contributed by atoms with E-state index in [0.717, 1.165) is 45.8 Å². The molecule has 1 saturated heterocycles. The first kappa shape index (κ1) is 15.4. The van der Waals surface area contributed by atoms with E-state index in [-0.39, 0.29) is 5.41 Å². The van der Waals surface area contributed by atoms with Crippen molar-refractivity contribution in [2.75, 3.05) is 39.9 Å². The summed E-state index contributed by atoms with van der Waals surface area (Å²) in [6.45, 7) is 8.14. The predicted octanol–water partition coefficient (Wildman–Crippen LogP) is 2.96. The van der Waals surface area contributed by atoms with E-state index in [9.17, 15) is 0 Å². The minimum Gasteiger partial charge on any atom is -0.381 e. The molecule has 2 heterocycles. The molecule has 2 rings (SSSR count). The number of halogens is 1. The molecule has 1 fully saturated rings. The number of rotatable bonds is 7. The number of nitrogens with zero attached hydrogens (tertiary/aromatic N) is 1. The molecule has 1 aromatic heterocycles. The van der Waals surface area contributed by atoms with E-state index in [4.69, 9.17) is 4.74 Å². The van der Waals surface area contributed by atoms with Crippen LogP contribution in [0.25, 0.3) is 0 Å². The summed E-state index contributed by atoms with van der Waals surface area (Å²) in [7, 11) is 2.21. The SMILES string of the molecule is CCNCC1(CN(C)Cc2csc(Br)c2)CCOC1. The average Bonchev–Trinajstić information content (AvgIpc) is 2.97. The fourth-order valence-corrected chi connectivity index (χ4v) is 3.93. The van der Waals surface area contributed by atoms with Gasteiger partial charge in [0.15, 0.2) is 0 Å². The van der Waals surface area contributed by atoms with Crippen LogP contribution in [-0.2, 0) is 11.3 Å². The first-order valence-corrected chi connectivity index (χ1v) is 8.51. The molecular weight excluding hydrogens is 324 g/mol. The quantitative estimate of drug-likeness (QED) is 0.821. The Morgan fingerprint density at radius 3 is 3.00 bits per heavy atom. The molecule has 0 amide bonds. The zero-order chi connectivity index (χ0) is 13.7. The maximum Gasteiger partial charge on any atom is 0.0701 e. The van der Waals surface area contributed by atoms with Crippen molar-refractivity contribution in [3.63, 3.8) is 0 Å². The van der Waals surface area contributed by atoms with Gasteiger partial charge in [0.2, 0.25) is 0 Å². The van der Waals surface area contributed by atoms with Crippen LogP contribution in [0.4, 0.5) is 0 Å². The Balaban J connectivity index is 1.89. The lowest BCUT2D eigenvalue weighted by molar-refractivity contribution is 0.117. The van der Waals surface area contributed by atoms with Gasteiger partial charge in [-0.25, -0.2) is 0 Å². The Kier molecular flexibility index (Phi) is 5.84. The predicted molar refractivity (Wildman–Crippen MR) is 84.8 cm³/mol. The summed E-state index contributed by atoms with van der Waals surface area (Å²) in [6, 6.07) is 2.21. The van der Waals surface area contributed by atoms with Gasteiger partial charge in [-0.15, -0.1) is 11.3 Å². The van der Waals surface area contributed by atoms with Crippen LogP contribution >= 0.6 is 27.3 Å². The smallest absolute Gasteiger partial charge is 0.0701 e. The Bertz CT molecular complexity index is 391. The third kappa shape index (κ3) is 4.53. The highest BCUT2D eigenvalue weighted by atomic mass is 79.9. The summed E-state index contributed by atoms with van der Waals surface area (Å²) in [5, 5.41) is 5.72. The number of nitrogens with one attached hydrogen (secondary N) is 1. The fourth-order valence-electron chi connectivity index (χ4n) is 2.73. The summed E-state index contributed by atoms with van der Waals surface area (Å²) < 4.78 is 6.85. The lowest BCUT2D eigenvalue weighted by Gasteiger charge is -2.32. The molecule has 1 aliphatic heterocycles. The molecular formula is C14H23BrN2OS. The van der Waals surface area contributed by atoms with Crippen molar-refractivity contribution in [3.05, 3.63) is 20.8 Å². The maximum atomic E-state index is 5.64. The van der Waals surface area contributed by atoms with Gasteiger partial charge in [0.25, 0.3) is 0 Å². The second-order valence-corrected chi connectivity index (χ2v) is 7.80. The van der Waals surface area contributed by atoms with Crippen LogP contribution in [0.5, 0.6) is 0 Å². The van der Waals surface area contributed by atoms with Crippen LogP contribution in [0.1, 0.15) is 18.9 Å². The first-order valence-electron chi connectivity index (χ1n) is 6.83. The first-order chi connectivity index (χ1) is 9.13. The molecule has 108 valence electrons. The standard InChI is InChI=1S/C14H23BrN2OS/c1-3-16-9-14(4-5-18-11-14)10-17(2)7-12-6-13(15)19-8-12/h6,8,16H,3-5,7,9-11H2,1-2H3. The Morgan fingerprint density at radius 1 is 1.58 bits per heavy atom. The normalized spacial score (nSPS) is 23.4. The van der Waals surface area contributed by atoms with Gasteiger partial charge < -0.3 is 15.0 Å². The Morgan fingerprint density at radius 2 is 2.42 bits per heavy atom. The van der Waals surface area contributed by atoms with Gasteiger partial charge in [0.05, 0.1) is 10.4 Å². The van der Waals surface area contributed by atoms with E-state index in [0.29, 0.717) is 0 Å². The van der Waals surface area contributed by atoms with Gasteiger partial charge >= 0.3 is 0 Å². The van der Waals surface area contributed by atoms with Crippen LogP contribution in [-0.4, -0.2) is 44.8 Å². The molecule has 0 spiro atoms. The van der Waals surface area contributed by atoms with Crippen LogP contribution in [0, 0.1) is 5.41 Å². The highest BCUT2D eigenvalue weighted by Crippen LogP contribution is 2.30. The lowest BCUT2D eigenvalue weighted by Crippen LogP contribution is -2.43. The van der Waals surface area contributed by atoms with E-state index in [1.54, 1.807) is 11.3 Å². The molecule has 1 N–H and O–H groups in total. The highest BCUT2D eigenvalue weighted by molar-refractivity contribution is 9.11. The van der Waals surface area contributed by atoms with Gasteiger partial charge in [-0.05, 0) is 53.0 Å². The summed E-state index contributed by atoms with van der Waals surface area (Å²) >= 11 is 5.28. The molecule has 19 heavy (non-hydrogen) atoms. The Hall–Kier alpha value is 0.0600. The minimum atomic E-state index is 0.290. The van der Waals surface area contributed by atoms with Crippen molar-refractivity contribution in [1.82, 2.24) is 10.2 Å². The van der Waals surface area contributed by atoms with E-state index >= 15 is 0 Å². The lowest BCUT2D eigenvalue weighted by atomic mass is 9.86. The van der Waals surface area contributed by atoms with Gasteiger partial charge in [-0.3, -0.25) is 0 Å². The summed E-state index contributed by atoms with van der Waals surface area (Å²) in [5.74, 6) is 0. The zero-order valence-electron chi connectivity index (χ0n) is 11.7. The maximum absolute atomic E-state index is 5.64. The molecule has 1 unspecified atom stereocenters. The van der Waals surface area contributed by atoms with Gasteiger partial charge in [0, 0.05) is 31.7 Å². The van der Waals surface area contributed by atoms with Crippen molar-refractivity contribution < 1.29 is 4.74 Å².